The summed E-state index contributed by atoms with van der Waals surface area (Å²) in [6.07, 6.45) is 2.29. The number of rotatable bonds is 6. The average molecular weight is 399 g/mol. The summed E-state index contributed by atoms with van der Waals surface area (Å²) < 4.78 is 11.7. The van der Waals surface area contributed by atoms with E-state index in [1.807, 2.05) is 42.5 Å². The lowest BCUT2D eigenvalue weighted by Crippen LogP contribution is -2.45. The lowest BCUT2D eigenvalue weighted by atomic mass is 10.1. The Bertz CT molecular complexity index is 831. The minimum Gasteiger partial charge on any atom is -0.491 e. The van der Waals surface area contributed by atoms with Crippen LogP contribution in [0.2, 0.25) is 0 Å². The highest BCUT2D eigenvalue weighted by Gasteiger charge is 2.31. The maximum absolute atomic E-state index is 11.7. The maximum atomic E-state index is 11.7. The number of benzene rings is 1. The highest BCUT2D eigenvalue weighted by Crippen LogP contribution is 2.24. The molecule has 2 aromatic rings. The van der Waals surface area contributed by atoms with Gasteiger partial charge in [0.1, 0.15) is 24.3 Å². The molecule has 0 spiro atoms. The molecule has 8 heteroatoms. The van der Waals surface area contributed by atoms with Gasteiger partial charge in [0, 0.05) is 19.3 Å². The van der Waals surface area contributed by atoms with Crippen molar-refractivity contribution in [2.45, 2.75) is 17.8 Å². The molecule has 2 aliphatic rings. The monoisotopic (exact) mass is 399 g/mol. The molecule has 1 aromatic carbocycles. The molecule has 2 aliphatic heterocycles. The number of pyridine rings is 1. The summed E-state index contributed by atoms with van der Waals surface area (Å²) in [6.45, 7) is 2.65. The molecule has 2 atom stereocenters. The highest BCUT2D eigenvalue weighted by atomic mass is 32.2. The van der Waals surface area contributed by atoms with Crippen LogP contribution < -0.4 is 15.0 Å². The number of thioether (sulfide) groups is 1. The largest absolute Gasteiger partial charge is 0.491 e. The number of amides is 2. The van der Waals surface area contributed by atoms with E-state index in [0.717, 1.165) is 42.0 Å². The number of carbonyl (C=O) groups is 2. The Hall–Kier alpha value is -2.58. The molecule has 1 aromatic heterocycles. The molecule has 0 bridgehead atoms. The van der Waals surface area contributed by atoms with E-state index in [-0.39, 0.29) is 22.5 Å². The summed E-state index contributed by atoms with van der Waals surface area (Å²) in [6, 6.07) is 13.5. The summed E-state index contributed by atoms with van der Waals surface area (Å²) in [7, 11) is 0. The molecule has 1 unspecified atom stereocenters. The number of aromatic nitrogens is 1. The van der Waals surface area contributed by atoms with Crippen molar-refractivity contribution in [2.24, 2.45) is 0 Å². The molecule has 2 saturated heterocycles. The van der Waals surface area contributed by atoms with Crippen LogP contribution in [0.15, 0.2) is 48.7 Å². The SMILES string of the molecule is O=C1NC(=O)C(Cc2ccc(OC[C@@H]3CN(c4ccccn4)CCO3)cc2)S1. The number of morpholine rings is 1. The third-order valence-electron chi connectivity index (χ3n) is 4.66. The Morgan fingerprint density at radius 2 is 2.07 bits per heavy atom. The van der Waals surface area contributed by atoms with Gasteiger partial charge in [-0.2, -0.15) is 0 Å². The summed E-state index contributed by atoms with van der Waals surface area (Å²) >= 11 is 1.04. The van der Waals surface area contributed by atoms with Crippen LogP contribution in [0.3, 0.4) is 0 Å². The predicted molar refractivity (Wildman–Crippen MR) is 107 cm³/mol. The first-order valence-electron chi connectivity index (χ1n) is 9.18. The predicted octanol–water partition coefficient (Wildman–Crippen LogP) is 2.26. The van der Waals surface area contributed by atoms with Crippen molar-refractivity contribution in [2.75, 3.05) is 31.2 Å². The topological polar surface area (TPSA) is 80.8 Å². The third kappa shape index (κ3) is 4.63. The molecule has 2 fully saturated rings. The smallest absolute Gasteiger partial charge is 0.286 e. The minimum atomic E-state index is -0.354. The molecule has 2 amide bonds. The molecule has 7 nitrogen and oxygen atoms in total. The molecule has 3 heterocycles. The van der Waals surface area contributed by atoms with Crippen LogP contribution in [-0.2, 0) is 16.0 Å². The Morgan fingerprint density at radius 1 is 1.21 bits per heavy atom. The van der Waals surface area contributed by atoms with Crippen molar-refractivity contribution in [3.63, 3.8) is 0 Å². The second-order valence-corrected chi connectivity index (χ2v) is 7.84. The lowest BCUT2D eigenvalue weighted by Gasteiger charge is -2.33. The number of anilines is 1. The molecule has 1 N–H and O–H groups in total. The van der Waals surface area contributed by atoms with Crippen molar-refractivity contribution in [3.8, 4) is 5.75 Å². The maximum Gasteiger partial charge on any atom is 0.286 e. The van der Waals surface area contributed by atoms with E-state index in [0.29, 0.717) is 19.6 Å². The van der Waals surface area contributed by atoms with Gasteiger partial charge in [0.15, 0.2) is 0 Å². The third-order valence-corrected chi connectivity index (χ3v) is 5.64. The first-order valence-corrected chi connectivity index (χ1v) is 10.1. The number of hydrogen-bond acceptors (Lipinski definition) is 7. The van der Waals surface area contributed by atoms with Crippen molar-refractivity contribution >= 4 is 28.7 Å². The Morgan fingerprint density at radius 3 is 2.79 bits per heavy atom. The van der Waals surface area contributed by atoms with Gasteiger partial charge in [0.2, 0.25) is 5.91 Å². The zero-order chi connectivity index (χ0) is 19.3. The molecule has 146 valence electrons. The van der Waals surface area contributed by atoms with Crippen LogP contribution >= 0.6 is 11.8 Å². The van der Waals surface area contributed by atoms with Crippen LogP contribution in [0.4, 0.5) is 10.6 Å². The molecule has 0 aliphatic carbocycles. The average Bonchev–Trinajstić information content (AvgIpc) is 3.05. The number of carbonyl (C=O) groups excluding carboxylic acids is 2. The van der Waals surface area contributed by atoms with Crippen molar-refractivity contribution in [3.05, 3.63) is 54.2 Å². The number of hydrogen-bond donors (Lipinski definition) is 1. The molecule has 0 radical (unpaired) electrons. The molecule has 0 saturated carbocycles. The van der Waals surface area contributed by atoms with Gasteiger partial charge >= 0.3 is 0 Å². The van der Waals surface area contributed by atoms with E-state index in [2.05, 4.69) is 15.2 Å². The summed E-state index contributed by atoms with van der Waals surface area (Å²) in [4.78, 5) is 29.5. The Kier molecular flexibility index (Phi) is 5.78. The Balaban J connectivity index is 1.28. The number of nitrogens with one attached hydrogen (secondary N) is 1. The fourth-order valence-corrected chi connectivity index (χ4v) is 4.08. The van der Waals surface area contributed by atoms with Gasteiger partial charge in [0.25, 0.3) is 5.24 Å². The Labute approximate surface area is 167 Å². The van der Waals surface area contributed by atoms with Crippen LogP contribution in [-0.4, -0.2) is 53.8 Å². The molecular formula is C20H21N3O4S. The first kappa shape index (κ1) is 18.8. The van der Waals surface area contributed by atoms with Gasteiger partial charge in [-0.25, -0.2) is 4.98 Å². The second-order valence-electron chi connectivity index (χ2n) is 6.67. The van der Waals surface area contributed by atoms with E-state index in [4.69, 9.17) is 9.47 Å². The van der Waals surface area contributed by atoms with Gasteiger partial charge in [-0.05, 0) is 36.2 Å². The first-order chi connectivity index (χ1) is 13.7. The summed E-state index contributed by atoms with van der Waals surface area (Å²) in [5.74, 6) is 1.48. The fourth-order valence-electron chi connectivity index (χ4n) is 3.22. The van der Waals surface area contributed by atoms with Crippen molar-refractivity contribution < 1.29 is 19.1 Å². The number of nitrogens with zero attached hydrogens (tertiary/aromatic N) is 2. The van der Waals surface area contributed by atoms with Gasteiger partial charge < -0.3 is 14.4 Å². The van der Waals surface area contributed by atoms with E-state index in [9.17, 15) is 9.59 Å². The van der Waals surface area contributed by atoms with Gasteiger partial charge in [-0.15, -0.1) is 0 Å². The zero-order valence-electron chi connectivity index (χ0n) is 15.2. The highest BCUT2D eigenvalue weighted by molar-refractivity contribution is 8.15. The van der Waals surface area contributed by atoms with Gasteiger partial charge in [-0.1, -0.05) is 30.0 Å². The summed E-state index contributed by atoms with van der Waals surface area (Å²) in [5.41, 5.74) is 0.991. The molecule has 28 heavy (non-hydrogen) atoms. The van der Waals surface area contributed by atoms with E-state index >= 15 is 0 Å². The van der Waals surface area contributed by atoms with Crippen molar-refractivity contribution in [1.29, 1.82) is 0 Å². The van der Waals surface area contributed by atoms with E-state index in [1.165, 1.54) is 0 Å². The van der Waals surface area contributed by atoms with Crippen LogP contribution in [0.5, 0.6) is 5.75 Å². The van der Waals surface area contributed by atoms with Crippen molar-refractivity contribution in [1.82, 2.24) is 10.3 Å². The molecule has 4 rings (SSSR count). The minimum absolute atomic E-state index is 0.0278. The summed E-state index contributed by atoms with van der Waals surface area (Å²) in [5, 5.41) is 1.68. The fraction of sp³-hybridized carbons (Fsp3) is 0.350. The van der Waals surface area contributed by atoms with E-state index in [1.54, 1.807) is 6.20 Å². The molecular weight excluding hydrogens is 378 g/mol. The number of ether oxygens (including phenoxy) is 2. The van der Waals surface area contributed by atoms with Crippen LogP contribution in [0, 0.1) is 0 Å². The van der Waals surface area contributed by atoms with E-state index < -0.39 is 0 Å². The van der Waals surface area contributed by atoms with Crippen LogP contribution in [0.1, 0.15) is 5.56 Å². The van der Waals surface area contributed by atoms with Gasteiger partial charge in [0.05, 0.1) is 11.9 Å². The zero-order valence-corrected chi connectivity index (χ0v) is 16.1. The van der Waals surface area contributed by atoms with Gasteiger partial charge in [-0.3, -0.25) is 14.9 Å². The quantitative estimate of drug-likeness (QED) is 0.798. The standard InChI is InChI=1S/C20H21N3O4S/c24-19-17(28-20(25)22-19)11-14-4-6-15(7-5-14)27-13-16-12-23(9-10-26-16)18-3-1-2-8-21-18/h1-8,16-17H,9-13H2,(H,22,24,25)/t16-,17?/m0/s1. The number of imide groups is 1. The second kappa shape index (κ2) is 8.62. The normalized spacial score (nSPS) is 22.2. The van der Waals surface area contributed by atoms with Crippen LogP contribution in [0.25, 0.3) is 0 Å². The lowest BCUT2D eigenvalue weighted by molar-refractivity contribution is -0.118.